The van der Waals surface area contributed by atoms with Crippen molar-refractivity contribution in [2.45, 2.75) is 25.5 Å². The predicted octanol–water partition coefficient (Wildman–Crippen LogP) is 4.21. The van der Waals surface area contributed by atoms with Crippen LogP contribution in [0.15, 0.2) is 84.3 Å². The summed E-state index contributed by atoms with van der Waals surface area (Å²) in [6, 6.07) is 15.8. The average molecular weight is 461 g/mol. The second-order valence-electron chi connectivity index (χ2n) is 7.77. The highest BCUT2D eigenvalue weighted by molar-refractivity contribution is 5.95. The molecule has 1 aromatic heterocycles. The third-order valence-corrected chi connectivity index (χ3v) is 5.45. The van der Waals surface area contributed by atoms with Crippen molar-refractivity contribution in [2.24, 2.45) is 0 Å². The minimum atomic E-state index is -0.734. The molecule has 3 aromatic rings. The molecule has 34 heavy (non-hydrogen) atoms. The zero-order chi connectivity index (χ0) is 23.9. The Balaban J connectivity index is 1.63. The summed E-state index contributed by atoms with van der Waals surface area (Å²) in [5.74, 6) is -0.290. The molecule has 2 amide bonds. The summed E-state index contributed by atoms with van der Waals surface area (Å²) < 4.78 is 24.3. The van der Waals surface area contributed by atoms with E-state index in [-0.39, 0.29) is 12.2 Å². The summed E-state index contributed by atoms with van der Waals surface area (Å²) in [7, 11) is 1.60. The van der Waals surface area contributed by atoms with E-state index >= 15 is 0 Å². The minimum Gasteiger partial charge on any atom is -0.497 e. The normalized spacial score (nSPS) is 15.4. The zero-order valence-corrected chi connectivity index (χ0v) is 18.6. The number of amides is 2. The molecule has 1 atom stereocenters. The van der Waals surface area contributed by atoms with E-state index in [9.17, 15) is 14.0 Å². The Hall–Kier alpha value is -4.20. The van der Waals surface area contributed by atoms with Crippen molar-refractivity contribution in [1.29, 1.82) is 0 Å². The maximum absolute atomic E-state index is 13.5. The van der Waals surface area contributed by atoms with E-state index in [2.05, 4.69) is 15.6 Å². The molecule has 0 fully saturated rings. The van der Waals surface area contributed by atoms with Crippen LogP contribution in [0.25, 0.3) is 0 Å². The number of pyridine rings is 1. The number of hydrogen-bond donors (Lipinski definition) is 2. The topological polar surface area (TPSA) is 89.6 Å². The third kappa shape index (κ3) is 5.58. The van der Waals surface area contributed by atoms with Crippen LogP contribution in [-0.2, 0) is 22.6 Å². The van der Waals surface area contributed by atoms with Crippen molar-refractivity contribution in [3.8, 4) is 5.75 Å². The lowest BCUT2D eigenvalue weighted by atomic mass is 9.94. The van der Waals surface area contributed by atoms with Gasteiger partial charge in [-0.3, -0.25) is 4.98 Å². The summed E-state index contributed by atoms with van der Waals surface area (Å²) >= 11 is 0. The van der Waals surface area contributed by atoms with Gasteiger partial charge in [-0.2, -0.15) is 0 Å². The quantitative estimate of drug-likeness (QED) is 0.491. The van der Waals surface area contributed by atoms with Gasteiger partial charge in [0.2, 0.25) is 0 Å². The van der Waals surface area contributed by atoms with Gasteiger partial charge in [0.25, 0.3) is 0 Å². The lowest BCUT2D eigenvalue weighted by Crippen LogP contribution is -2.46. The number of carbonyl (C=O) groups excluding carboxylic acids is 2. The molecule has 7 nitrogen and oxygen atoms in total. The summed E-state index contributed by atoms with van der Waals surface area (Å²) in [6.07, 6.45) is 4.16. The fourth-order valence-electron chi connectivity index (χ4n) is 3.80. The van der Waals surface area contributed by atoms with E-state index in [0.717, 1.165) is 11.3 Å². The van der Waals surface area contributed by atoms with Crippen molar-refractivity contribution in [1.82, 2.24) is 15.6 Å². The largest absolute Gasteiger partial charge is 0.497 e. The Kier molecular flexibility index (Phi) is 7.17. The van der Waals surface area contributed by atoms with Gasteiger partial charge in [-0.05, 0) is 59.9 Å². The zero-order valence-electron chi connectivity index (χ0n) is 18.6. The van der Waals surface area contributed by atoms with Crippen LogP contribution in [-0.4, -0.2) is 24.1 Å². The van der Waals surface area contributed by atoms with Gasteiger partial charge in [-0.15, -0.1) is 0 Å². The predicted molar refractivity (Wildman–Crippen MR) is 123 cm³/mol. The number of allylic oxidation sites excluding steroid dienone is 1. The molecule has 174 valence electrons. The molecule has 1 aliphatic heterocycles. The first-order valence-electron chi connectivity index (χ1n) is 10.8. The van der Waals surface area contributed by atoms with E-state index in [4.69, 9.17) is 9.47 Å². The van der Waals surface area contributed by atoms with Crippen molar-refractivity contribution in [2.75, 3.05) is 7.11 Å². The third-order valence-electron chi connectivity index (χ3n) is 5.45. The van der Waals surface area contributed by atoms with Crippen molar-refractivity contribution < 1.29 is 23.5 Å². The number of methoxy groups -OCH3 is 1. The molecule has 0 spiro atoms. The van der Waals surface area contributed by atoms with Crippen molar-refractivity contribution in [3.63, 3.8) is 0 Å². The summed E-state index contributed by atoms with van der Waals surface area (Å²) in [6.45, 7) is -0.100. The summed E-state index contributed by atoms with van der Waals surface area (Å²) in [5, 5.41) is 5.56. The monoisotopic (exact) mass is 461 g/mol. The number of aromatic nitrogens is 1. The molecule has 8 heteroatoms. The number of rotatable bonds is 8. The van der Waals surface area contributed by atoms with Gasteiger partial charge >= 0.3 is 12.0 Å². The van der Waals surface area contributed by atoms with Gasteiger partial charge in [0, 0.05) is 18.1 Å². The summed E-state index contributed by atoms with van der Waals surface area (Å²) in [4.78, 5) is 29.8. The molecule has 0 aliphatic carbocycles. The molecular formula is C26H24FN3O4. The highest BCUT2D eigenvalue weighted by atomic mass is 19.1. The van der Waals surface area contributed by atoms with Gasteiger partial charge in [0.05, 0.1) is 18.7 Å². The van der Waals surface area contributed by atoms with Crippen LogP contribution >= 0.6 is 0 Å². The number of esters is 1. The van der Waals surface area contributed by atoms with Gasteiger partial charge in [-0.1, -0.05) is 30.3 Å². The Morgan fingerprint density at radius 2 is 1.88 bits per heavy atom. The maximum atomic E-state index is 13.5. The SMILES string of the molecule is COc1cccc(CCC2=C(C(=O)OCc3cccc(F)c3)C(c3cccnc3)NC(=O)N2)c1. The molecule has 0 saturated heterocycles. The van der Waals surface area contributed by atoms with Gasteiger partial charge in [0.1, 0.15) is 18.2 Å². The number of carbonyl (C=O) groups is 2. The van der Waals surface area contributed by atoms with E-state index in [0.29, 0.717) is 29.7 Å². The Bertz CT molecular complexity index is 1210. The average Bonchev–Trinajstić information content (AvgIpc) is 2.86. The standard InChI is InChI=1S/C26H24FN3O4/c1-33-21-9-3-5-17(14-21)10-11-22-23(25(31)34-16-18-6-2-8-20(27)13-18)24(30-26(32)29-22)19-7-4-12-28-15-19/h2-9,12-15,24H,10-11,16H2,1H3,(H2,29,30,32). The number of nitrogens with one attached hydrogen (secondary N) is 2. The number of ether oxygens (including phenoxy) is 2. The number of aryl methyl sites for hydroxylation is 1. The fourth-order valence-corrected chi connectivity index (χ4v) is 3.80. The molecule has 2 aromatic carbocycles. The van der Waals surface area contributed by atoms with Gasteiger partial charge in [-0.25, -0.2) is 14.0 Å². The fraction of sp³-hybridized carbons (Fsp3) is 0.192. The molecule has 0 saturated carbocycles. The highest BCUT2D eigenvalue weighted by Crippen LogP contribution is 2.29. The Morgan fingerprint density at radius 1 is 1.06 bits per heavy atom. The van der Waals surface area contributed by atoms with Crippen LogP contribution in [0.2, 0.25) is 0 Å². The van der Waals surface area contributed by atoms with Crippen molar-refractivity contribution in [3.05, 3.63) is 107 Å². The number of nitrogens with zero attached hydrogens (tertiary/aromatic N) is 1. The van der Waals surface area contributed by atoms with E-state index in [1.165, 1.54) is 12.1 Å². The van der Waals surface area contributed by atoms with Gasteiger partial charge < -0.3 is 20.1 Å². The van der Waals surface area contributed by atoms with Crippen LogP contribution in [0.3, 0.4) is 0 Å². The Labute approximate surface area is 196 Å². The number of urea groups is 1. The lowest BCUT2D eigenvalue weighted by Gasteiger charge is -2.29. The van der Waals surface area contributed by atoms with E-state index < -0.39 is 23.9 Å². The second-order valence-corrected chi connectivity index (χ2v) is 7.77. The lowest BCUT2D eigenvalue weighted by molar-refractivity contribution is -0.140. The molecule has 1 unspecified atom stereocenters. The smallest absolute Gasteiger partial charge is 0.338 e. The first-order chi connectivity index (χ1) is 16.5. The first kappa shape index (κ1) is 23.0. The number of hydrogen-bond acceptors (Lipinski definition) is 5. The number of benzene rings is 2. The van der Waals surface area contributed by atoms with Crippen LogP contribution in [0.5, 0.6) is 5.75 Å². The molecule has 2 heterocycles. The van der Waals surface area contributed by atoms with Crippen LogP contribution in [0.4, 0.5) is 9.18 Å². The van der Waals surface area contributed by atoms with Crippen LogP contribution in [0, 0.1) is 5.82 Å². The van der Waals surface area contributed by atoms with E-state index in [1.54, 1.807) is 43.8 Å². The van der Waals surface area contributed by atoms with Gasteiger partial charge in [0.15, 0.2) is 0 Å². The Morgan fingerprint density at radius 3 is 2.65 bits per heavy atom. The molecular weight excluding hydrogens is 437 g/mol. The number of halogens is 1. The van der Waals surface area contributed by atoms with Crippen molar-refractivity contribution >= 4 is 12.0 Å². The maximum Gasteiger partial charge on any atom is 0.338 e. The summed E-state index contributed by atoms with van der Waals surface area (Å²) in [5.41, 5.74) is 2.91. The second kappa shape index (κ2) is 10.6. The first-order valence-corrected chi connectivity index (χ1v) is 10.8. The molecule has 0 radical (unpaired) electrons. The highest BCUT2D eigenvalue weighted by Gasteiger charge is 2.33. The molecule has 2 N–H and O–H groups in total. The van der Waals surface area contributed by atoms with Crippen LogP contribution < -0.4 is 15.4 Å². The van der Waals surface area contributed by atoms with E-state index in [1.807, 2.05) is 24.3 Å². The minimum absolute atomic E-state index is 0.100. The molecule has 1 aliphatic rings. The molecule has 0 bridgehead atoms. The molecule has 4 rings (SSSR count). The van der Waals surface area contributed by atoms with Crippen LogP contribution in [0.1, 0.15) is 29.2 Å².